The minimum Gasteiger partial charge on any atom is -0.305 e. The van der Waals surface area contributed by atoms with Gasteiger partial charge in [-0.15, -0.1) is 0 Å². The minimum atomic E-state index is 0.361. The van der Waals surface area contributed by atoms with Gasteiger partial charge in [0.1, 0.15) is 0 Å². The summed E-state index contributed by atoms with van der Waals surface area (Å²) in [5.74, 6) is 0.710. The Morgan fingerprint density at radius 1 is 1.45 bits per heavy atom. The van der Waals surface area contributed by atoms with Crippen LogP contribution < -0.4 is 0 Å². The molecule has 1 aliphatic heterocycles. The average Bonchev–Trinajstić information content (AvgIpc) is 1.90. The lowest BCUT2D eigenvalue weighted by Gasteiger charge is -2.25. The van der Waals surface area contributed by atoms with Gasteiger partial charge in [-0.05, 0) is 18.4 Å². The van der Waals surface area contributed by atoms with Gasteiger partial charge in [0.05, 0.1) is 0 Å². The fraction of sp³-hybridized carbons (Fsp3) is 0.800. The van der Waals surface area contributed by atoms with E-state index in [-0.39, 0.29) is 0 Å². The first kappa shape index (κ1) is 8.79. The van der Waals surface area contributed by atoms with Gasteiger partial charge in [0.25, 0.3) is 0 Å². The number of hydrogen-bond acceptors (Lipinski definition) is 1. The molecule has 1 unspecified atom stereocenters. The molecule has 1 heterocycles. The Hall–Kier alpha value is -0.300. The van der Waals surface area contributed by atoms with Crippen molar-refractivity contribution in [1.29, 1.82) is 0 Å². The van der Waals surface area contributed by atoms with Crippen molar-refractivity contribution in [3.8, 4) is 0 Å². The van der Waals surface area contributed by atoms with Crippen molar-refractivity contribution in [2.24, 2.45) is 11.3 Å². The zero-order valence-electron chi connectivity index (χ0n) is 8.09. The van der Waals surface area contributed by atoms with E-state index in [4.69, 9.17) is 0 Å². The predicted octanol–water partition coefficient (Wildman–Crippen LogP) is 2.15. The Labute approximate surface area is 70.1 Å². The first-order valence-corrected chi connectivity index (χ1v) is 4.37. The van der Waals surface area contributed by atoms with Gasteiger partial charge in [-0.25, -0.2) is 0 Å². The zero-order chi connectivity index (χ0) is 8.48. The van der Waals surface area contributed by atoms with Crippen molar-refractivity contribution in [3.05, 3.63) is 12.2 Å². The Bertz CT molecular complexity index is 158. The van der Waals surface area contributed by atoms with E-state index >= 15 is 0 Å². The Kier molecular flexibility index (Phi) is 2.38. The van der Waals surface area contributed by atoms with Crippen LogP contribution >= 0.6 is 0 Å². The van der Waals surface area contributed by atoms with Crippen LogP contribution in [0.4, 0.5) is 0 Å². The zero-order valence-corrected chi connectivity index (χ0v) is 8.09. The summed E-state index contributed by atoms with van der Waals surface area (Å²) in [6.45, 7) is 9.22. The summed E-state index contributed by atoms with van der Waals surface area (Å²) in [5, 5.41) is 0. The van der Waals surface area contributed by atoms with Gasteiger partial charge in [-0.2, -0.15) is 0 Å². The molecule has 0 radical (unpaired) electrons. The van der Waals surface area contributed by atoms with E-state index in [0.717, 1.165) is 0 Å². The third kappa shape index (κ3) is 2.66. The lowest BCUT2D eigenvalue weighted by molar-refractivity contribution is 0.248. The highest BCUT2D eigenvalue weighted by Gasteiger charge is 2.20. The summed E-state index contributed by atoms with van der Waals surface area (Å²) in [4.78, 5) is 2.41. The molecule has 1 heteroatoms. The molecule has 0 saturated carbocycles. The quantitative estimate of drug-likeness (QED) is 0.482. The topological polar surface area (TPSA) is 3.24 Å². The third-order valence-electron chi connectivity index (χ3n) is 2.15. The van der Waals surface area contributed by atoms with Gasteiger partial charge in [0.15, 0.2) is 0 Å². The van der Waals surface area contributed by atoms with E-state index in [1.54, 1.807) is 0 Å². The second kappa shape index (κ2) is 2.98. The van der Waals surface area contributed by atoms with Crippen LogP contribution in [-0.4, -0.2) is 25.0 Å². The summed E-state index contributed by atoms with van der Waals surface area (Å²) in [6, 6.07) is 0. The Morgan fingerprint density at radius 3 is 2.73 bits per heavy atom. The first-order valence-electron chi connectivity index (χ1n) is 4.37. The number of hydrogen-bond donors (Lipinski definition) is 0. The van der Waals surface area contributed by atoms with Crippen LogP contribution in [0.15, 0.2) is 12.2 Å². The van der Waals surface area contributed by atoms with E-state index in [2.05, 4.69) is 44.9 Å². The molecule has 0 amide bonds. The SMILES string of the molecule is CC1C=CC(C)(C)CN(C)C1. The lowest BCUT2D eigenvalue weighted by atomic mass is 9.93. The van der Waals surface area contributed by atoms with E-state index in [1.165, 1.54) is 13.1 Å². The Morgan fingerprint density at radius 2 is 2.09 bits per heavy atom. The van der Waals surface area contributed by atoms with Crippen molar-refractivity contribution in [2.75, 3.05) is 20.1 Å². The highest BCUT2D eigenvalue weighted by molar-refractivity contribution is 5.01. The van der Waals surface area contributed by atoms with Crippen LogP contribution in [0.25, 0.3) is 0 Å². The molecule has 1 aliphatic rings. The molecular weight excluding hydrogens is 134 g/mol. The van der Waals surface area contributed by atoms with Crippen molar-refractivity contribution in [3.63, 3.8) is 0 Å². The summed E-state index contributed by atoms with van der Waals surface area (Å²) < 4.78 is 0. The molecule has 1 nitrogen and oxygen atoms in total. The van der Waals surface area contributed by atoms with Crippen molar-refractivity contribution in [1.82, 2.24) is 4.90 Å². The first-order chi connectivity index (χ1) is 4.99. The summed E-state index contributed by atoms with van der Waals surface area (Å²) in [5.41, 5.74) is 0.361. The second-order valence-corrected chi connectivity index (χ2v) is 4.52. The average molecular weight is 153 g/mol. The predicted molar refractivity (Wildman–Crippen MR) is 49.6 cm³/mol. The highest BCUT2D eigenvalue weighted by Crippen LogP contribution is 2.22. The van der Waals surface area contributed by atoms with Crippen LogP contribution in [0, 0.1) is 11.3 Å². The van der Waals surface area contributed by atoms with Crippen LogP contribution in [0.5, 0.6) is 0 Å². The number of nitrogens with zero attached hydrogens (tertiary/aromatic N) is 1. The Balaban J connectivity index is 2.68. The minimum absolute atomic E-state index is 0.361. The molecule has 0 N–H and O–H groups in total. The molecule has 0 saturated heterocycles. The molecule has 11 heavy (non-hydrogen) atoms. The van der Waals surface area contributed by atoms with Crippen LogP contribution in [0.1, 0.15) is 20.8 Å². The van der Waals surface area contributed by atoms with Gasteiger partial charge in [0, 0.05) is 13.1 Å². The maximum absolute atomic E-state index is 2.41. The normalized spacial score (nSPS) is 31.8. The molecular formula is C10H19N. The smallest absolute Gasteiger partial charge is 0.00645 e. The fourth-order valence-corrected chi connectivity index (χ4v) is 1.79. The monoisotopic (exact) mass is 153 g/mol. The standard InChI is InChI=1S/C10H19N/c1-9-5-6-10(2,3)8-11(4)7-9/h5-6,9H,7-8H2,1-4H3. The summed E-state index contributed by atoms with van der Waals surface area (Å²) >= 11 is 0. The van der Waals surface area contributed by atoms with Gasteiger partial charge >= 0.3 is 0 Å². The summed E-state index contributed by atoms with van der Waals surface area (Å²) in [6.07, 6.45) is 4.69. The van der Waals surface area contributed by atoms with Crippen molar-refractivity contribution >= 4 is 0 Å². The molecule has 64 valence electrons. The van der Waals surface area contributed by atoms with Crippen molar-refractivity contribution in [2.45, 2.75) is 20.8 Å². The second-order valence-electron chi connectivity index (χ2n) is 4.52. The van der Waals surface area contributed by atoms with E-state index in [9.17, 15) is 0 Å². The third-order valence-corrected chi connectivity index (χ3v) is 2.15. The van der Waals surface area contributed by atoms with E-state index < -0.39 is 0 Å². The maximum atomic E-state index is 2.41. The van der Waals surface area contributed by atoms with E-state index in [1.807, 2.05) is 0 Å². The molecule has 0 fully saturated rings. The molecule has 0 aliphatic carbocycles. The van der Waals surface area contributed by atoms with Crippen LogP contribution in [0.2, 0.25) is 0 Å². The van der Waals surface area contributed by atoms with Gasteiger partial charge in [-0.1, -0.05) is 32.9 Å². The van der Waals surface area contributed by atoms with Gasteiger partial charge in [0.2, 0.25) is 0 Å². The lowest BCUT2D eigenvalue weighted by Crippen LogP contribution is -2.30. The fourth-order valence-electron chi connectivity index (χ4n) is 1.79. The molecule has 1 atom stereocenters. The van der Waals surface area contributed by atoms with E-state index in [0.29, 0.717) is 11.3 Å². The molecule has 0 aromatic carbocycles. The molecule has 0 aromatic rings. The molecule has 1 rings (SSSR count). The molecule has 0 spiro atoms. The molecule has 0 bridgehead atoms. The summed E-state index contributed by atoms with van der Waals surface area (Å²) in [7, 11) is 2.20. The van der Waals surface area contributed by atoms with Gasteiger partial charge < -0.3 is 4.90 Å². The largest absolute Gasteiger partial charge is 0.305 e. The van der Waals surface area contributed by atoms with Gasteiger partial charge in [-0.3, -0.25) is 0 Å². The van der Waals surface area contributed by atoms with Crippen LogP contribution in [-0.2, 0) is 0 Å². The number of rotatable bonds is 0. The highest BCUT2D eigenvalue weighted by atomic mass is 15.1. The van der Waals surface area contributed by atoms with Crippen molar-refractivity contribution < 1.29 is 0 Å². The maximum Gasteiger partial charge on any atom is 0.00645 e. The molecule has 0 aromatic heterocycles. The van der Waals surface area contributed by atoms with Crippen LogP contribution in [0.3, 0.4) is 0 Å².